The zero-order valence-electron chi connectivity index (χ0n) is 11.5. The predicted octanol–water partition coefficient (Wildman–Crippen LogP) is 1.83. The number of carbonyl (C=O) groups excluding carboxylic acids is 2. The first-order chi connectivity index (χ1) is 7.87. The molecule has 0 radical (unpaired) electrons. The molecule has 0 fully saturated rings. The Morgan fingerprint density at radius 2 is 1.82 bits per heavy atom. The fraction of sp³-hybridized carbons (Fsp3) is 0.833. The molecule has 0 spiro atoms. The van der Waals surface area contributed by atoms with Gasteiger partial charge in [-0.2, -0.15) is 0 Å². The lowest BCUT2D eigenvalue weighted by atomic mass is 10.2. The Hall–Kier alpha value is -1.10. The van der Waals surface area contributed by atoms with E-state index in [0.717, 1.165) is 26.2 Å². The first-order valence-electron chi connectivity index (χ1n) is 5.69. The van der Waals surface area contributed by atoms with Gasteiger partial charge in [0.2, 0.25) is 0 Å². The molecular weight excluding hydrogens is 222 g/mol. The van der Waals surface area contributed by atoms with E-state index in [1.165, 1.54) is 4.90 Å². The molecular formula is C12H25NO4. The monoisotopic (exact) mass is 247 g/mol. The Bertz CT molecular complexity index is 211. The molecule has 0 heterocycles. The summed E-state index contributed by atoms with van der Waals surface area (Å²) in [4.78, 5) is 23.1. The van der Waals surface area contributed by atoms with E-state index in [2.05, 4.69) is 0 Å². The summed E-state index contributed by atoms with van der Waals surface area (Å²) in [6.45, 7) is 6.14. The summed E-state index contributed by atoms with van der Waals surface area (Å²) in [6, 6.07) is 0. The van der Waals surface area contributed by atoms with Crippen molar-refractivity contribution in [1.82, 2.24) is 4.90 Å². The number of aldehydes is 1. The number of nitrogens with zero attached hydrogens (tertiary/aromatic N) is 1. The minimum absolute atomic E-state index is 0.311. The average Bonchev–Trinajstić information content (AvgIpc) is 2.24. The van der Waals surface area contributed by atoms with Crippen LogP contribution in [0.1, 0.15) is 40.0 Å². The Balaban J connectivity index is 0. The number of hydrogen-bond donors (Lipinski definition) is 1. The second-order valence-corrected chi connectivity index (χ2v) is 4.56. The second-order valence-electron chi connectivity index (χ2n) is 4.56. The Morgan fingerprint density at radius 1 is 1.29 bits per heavy atom. The van der Waals surface area contributed by atoms with Crippen LogP contribution in [0.4, 0.5) is 4.79 Å². The topological polar surface area (TPSA) is 66.8 Å². The molecule has 0 rings (SSSR count). The molecule has 0 saturated heterocycles. The Morgan fingerprint density at radius 3 is 2.24 bits per heavy atom. The Labute approximate surface area is 104 Å². The molecule has 0 aliphatic rings. The molecule has 5 heteroatoms. The molecule has 0 aromatic heterocycles. The largest absolute Gasteiger partial charge is 0.444 e. The molecule has 0 saturated carbocycles. The van der Waals surface area contributed by atoms with Crippen molar-refractivity contribution < 1.29 is 19.4 Å². The summed E-state index contributed by atoms with van der Waals surface area (Å²) < 4.78 is 5.17. The average molecular weight is 247 g/mol. The molecule has 102 valence electrons. The SMILES string of the molecule is CN(CCCCC=O)C(=O)OC(C)(C)C.CO. The van der Waals surface area contributed by atoms with Gasteiger partial charge in [-0.25, -0.2) is 4.79 Å². The molecule has 17 heavy (non-hydrogen) atoms. The molecule has 0 aliphatic carbocycles. The number of ether oxygens (including phenoxy) is 1. The van der Waals surface area contributed by atoms with Crippen LogP contribution in [0.3, 0.4) is 0 Å². The molecule has 0 aromatic carbocycles. The quantitative estimate of drug-likeness (QED) is 0.594. The van der Waals surface area contributed by atoms with Gasteiger partial charge >= 0.3 is 6.09 Å². The van der Waals surface area contributed by atoms with Crippen molar-refractivity contribution in [2.75, 3.05) is 20.7 Å². The Kier molecular flexibility index (Phi) is 10.8. The molecule has 0 aromatic rings. The van der Waals surface area contributed by atoms with E-state index in [1.807, 2.05) is 20.8 Å². The molecule has 0 atom stereocenters. The highest BCUT2D eigenvalue weighted by Crippen LogP contribution is 2.09. The van der Waals surface area contributed by atoms with E-state index < -0.39 is 5.60 Å². The van der Waals surface area contributed by atoms with Crippen molar-refractivity contribution in [1.29, 1.82) is 0 Å². The van der Waals surface area contributed by atoms with Crippen LogP contribution < -0.4 is 0 Å². The lowest BCUT2D eigenvalue weighted by molar-refractivity contribution is -0.107. The molecule has 5 nitrogen and oxygen atoms in total. The number of rotatable bonds is 5. The van der Waals surface area contributed by atoms with Gasteiger partial charge in [0.05, 0.1) is 0 Å². The highest BCUT2D eigenvalue weighted by molar-refractivity contribution is 5.67. The number of hydrogen-bond acceptors (Lipinski definition) is 4. The van der Waals surface area contributed by atoms with Crippen LogP contribution in [0.5, 0.6) is 0 Å². The van der Waals surface area contributed by atoms with Crippen molar-refractivity contribution in [2.24, 2.45) is 0 Å². The summed E-state index contributed by atoms with van der Waals surface area (Å²) in [5, 5.41) is 7.00. The standard InChI is InChI=1S/C11H21NO3.CH4O/c1-11(2,3)15-10(14)12(4)8-6-5-7-9-13;1-2/h9H,5-8H2,1-4H3;2H,1H3. The third kappa shape index (κ3) is 12.8. The van der Waals surface area contributed by atoms with Gasteiger partial charge in [-0.1, -0.05) is 0 Å². The van der Waals surface area contributed by atoms with Crippen molar-refractivity contribution >= 4 is 12.4 Å². The fourth-order valence-corrected chi connectivity index (χ4v) is 1.01. The maximum absolute atomic E-state index is 11.5. The van der Waals surface area contributed by atoms with Gasteiger partial charge in [0.1, 0.15) is 11.9 Å². The van der Waals surface area contributed by atoms with E-state index in [0.29, 0.717) is 13.0 Å². The van der Waals surface area contributed by atoms with Crippen LogP contribution in [0.25, 0.3) is 0 Å². The van der Waals surface area contributed by atoms with Gasteiger partial charge in [-0.3, -0.25) is 0 Å². The number of aliphatic hydroxyl groups excluding tert-OH is 1. The highest BCUT2D eigenvalue weighted by Gasteiger charge is 2.18. The zero-order chi connectivity index (χ0) is 13.9. The maximum atomic E-state index is 11.5. The zero-order valence-corrected chi connectivity index (χ0v) is 11.5. The first-order valence-corrected chi connectivity index (χ1v) is 5.69. The van der Waals surface area contributed by atoms with Crippen LogP contribution >= 0.6 is 0 Å². The summed E-state index contributed by atoms with van der Waals surface area (Å²) in [6.07, 6.45) is 2.79. The number of amides is 1. The lowest BCUT2D eigenvalue weighted by Gasteiger charge is -2.24. The van der Waals surface area contributed by atoms with Crippen molar-refractivity contribution in [3.8, 4) is 0 Å². The van der Waals surface area contributed by atoms with E-state index in [-0.39, 0.29) is 6.09 Å². The van der Waals surface area contributed by atoms with Crippen LogP contribution in [-0.2, 0) is 9.53 Å². The molecule has 0 bridgehead atoms. The van der Waals surface area contributed by atoms with Crippen molar-refractivity contribution in [3.05, 3.63) is 0 Å². The third-order valence-corrected chi connectivity index (χ3v) is 1.77. The van der Waals surface area contributed by atoms with Crippen LogP contribution in [-0.4, -0.2) is 48.7 Å². The van der Waals surface area contributed by atoms with Crippen LogP contribution in [0, 0.1) is 0 Å². The maximum Gasteiger partial charge on any atom is 0.410 e. The van der Waals surface area contributed by atoms with E-state index >= 15 is 0 Å². The first kappa shape index (κ1) is 18.3. The summed E-state index contributed by atoms with van der Waals surface area (Å²) in [5.41, 5.74) is -0.450. The van der Waals surface area contributed by atoms with Gasteiger partial charge in [-0.15, -0.1) is 0 Å². The highest BCUT2D eigenvalue weighted by atomic mass is 16.6. The van der Waals surface area contributed by atoms with Crippen LogP contribution in [0.2, 0.25) is 0 Å². The lowest BCUT2D eigenvalue weighted by Crippen LogP contribution is -2.34. The predicted molar refractivity (Wildman–Crippen MR) is 66.9 cm³/mol. The van der Waals surface area contributed by atoms with Gasteiger partial charge in [0.15, 0.2) is 0 Å². The number of aliphatic hydroxyl groups is 1. The normalized spacial score (nSPS) is 10.0. The smallest absolute Gasteiger partial charge is 0.410 e. The minimum atomic E-state index is -0.450. The molecule has 0 unspecified atom stereocenters. The van der Waals surface area contributed by atoms with E-state index in [1.54, 1.807) is 7.05 Å². The van der Waals surface area contributed by atoms with E-state index in [9.17, 15) is 9.59 Å². The van der Waals surface area contributed by atoms with Crippen molar-refractivity contribution in [3.63, 3.8) is 0 Å². The number of unbranched alkanes of at least 4 members (excludes halogenated alkanes) is 2. The second kappa shape index (κ2) is 10.1. The minimum Gasteiger partial charge on any atom is -0.444 e. The molecule has 1 N–H and O–H groups in total. The molecule has 1 amide bonds. The van der Waals surface area contributed by atoms with Gasteiger partial charge in [0, 0.05) is 27.1 Å². The van der Waals surface area contributed by atoms with E-state index in [4.69, 9.17) is 9.84 Å². The summed E-state index contributed by atoms with van der Waals surface area (Å²) >= 11 is 0. The fourth-order valence-electron chi connectivity index (χ4n) is 1.01. The third-order valence-electron chi connectivity index (χ3n) is 1.77. The number of carbonyl (C=O) groups is 2. The van der Waals surface area contributed by atoms with Crippen LogP contribution in [0.15, 0.2) is 0 Å². The van der Waals surface area contributed by atoms with Gasteiger partial charge in [0.25, 0.3) is 0 Å². The van der Waals surface area contributed by atoms with Gasteiger partial charge in [-0.05, 0) is 33.6 Å². The van der Waals surface area contributed by atoms with Gasteiger partial charge < -0.3 is 19.5 Å². The molecule has 0 aliphatic heterocycles. The van der Waals surface area contributed by atoms with Crippen molar-refractivity contribution in [2.45, 2.75) is 45.6 Å². The summed E-state index contributed by atoms with van der Waals surface area (Å²) in [5.74, 6) is 0. The summed E-state index contributed by atoms with van der Waals surface area (Å²) in [7, 11) is 2.70.